The van der Waals surface area contributed by atoms with Gasteiger partial charge in [0.1, 0.15) is 11.2 Å². The third kappa shape index (κ3) is 4.30. The molecule has 0 unspecified atom stereocenters. The molecule has 51 heavy (non-hydrogen) atoms. The predicted molar refractivity (Wildman–Crippen MR) is 211 cm³/mol. The molecule has 0 amide bonds. The molecule has 0 bridgehead atoms. The minimum absolute atomic E-state index is 0.626. The third-order valence-corrected chi connectivity index (χ3v) is 11.1. The van der Waals surface area contributed by atoms with Crippen molar-refractivity contribution in [3.63, 3.8) is 0 Å². The maximum atomic E-state index is 6.22. The summed E-state index contributed by atoms with van der Waals surface area (Å²) >= 11 is 1.78. The Morgan fingerprint density at radius 3 is 1.98 bits per heavy atom. The fraction of sp³-hybridized carbons (Fsp3) is 0. The number of rotatable bonds is 4. The summed E-state index contributed by atoms with van der Waals surface area (Å²) in [5, 5.41) is 6.93. The van der Waals surface area contributed by atoms with E-state index in [1.54, 1.807) is 11.3 Å². The summed E-state index contributed by atoms with van der Waals surface area (Å²) in [6.45, 7) is 0. The predicted octanol–water partition coefficient (Wildman–Crippen LogP) is 12.2. The molecule has 11 rings (SSSR count). The molecule has 0 aliphatic carbocycles. The normalized spacial score (nSPS) is 11.9. The van der Waals surface area contributed by atoms with Crippen LogP contribution in [-0.4, -0.2) is 19.5 Å². The van der Waals surface area contributed by atoms with Crippen molar-refractivity contribution in [2.45, 2.75) is 0 Å². The van der Waals surface area contributed by atoms with Gasteiger partial charge in [-0.15, -0.1) is 11.3 Å². The molecule has 0 spiro atoms. The van der Waals surface area contributed by atoms with Crippen LogP contribution in [0.3, 0.4) is 0 Å². The lowest BCUT2D eigenvalue weighted by Crippen LogP contribution is -2.02. The summed E-state index contributed by atoms with van der Waals surface area (Å²) in [6, 6.07) is 54.9. The van der Waals surface area contributed by atoms with Crippen molar-refractivity contribution < 1.29 is 4.42 Å². The van der Waals surface area contributed by atoms with Crippen molar-refractivity contribution in [3.8, 4) is 39.9 Å². The van der Waals surface area contributed by atoms with E-state index < -0.39 is 0 Å². The lowest BCUT2D eigenvalue weighted by Gasteiger charge is -2.13. The fourth-order valence-electron chi connectivity index (χ4n) is 7.58. The number of para-hydroxylation sites is 3. The largest absolute Gasteiger partial charge is 0.456 e. The molecule has 7 aromatic carbocycles. The number of aromatic nitrogens is 4. The molecule has 0 fully saturated rings. The van der Waals surface area contributed by atoms with E-state index in [0.29, 0.717) is 17.5 Å². The Balaban J connectivity index is 1.21. The van der Waals surface area contributed by atoms with Gasteiger partial charge in [-0.2, -0.15) is 0 Å². The maximum Gasteiger partial charge on any atom is 0.166 e. The van der Waals surface area contributed by atoms with Gasteiger partial charge in [-0.25, -0.2) is 15.0 Å². The molecular formula is C45H26N4OS. The van der Waals surface area contributed by atoms with Gasteiger partial charge in [0.05, 0.1) is 11.0 Å². The molecule has 6 heteroatoms. The van der Waals surface area contributed by atoms with Gasteiger partial charge < -0.3 is 8.98 Å². The fourth-order valence-corrected chi connectivity index (χ4v) is 8.79. The van der Waals surface area contributed by atoms with Crippen molar-refractivity contribution in [1.29, 1.82) is 0 Å². The molecule has 4 heterocycles. The maximum absolute atomic E-state index is 6.22. The molecule has 238 valence electrons. The second kappa shape index (κ2) is 10.9. The zero-order chi connectivity index (χ0) is 33.5. The highest BCUT2D eigenvalue weighted by Crippen LogP contribution is 2.42. The van der Waals surface area contributed by atoms with Crippen LogP contribution >= 0.6 is 11.3 Å². The second-order valence-electron chi connectivity index (χ2n) is 12.8. The highest BCUT2D eigenvalue weighted by Gasteiger charge is 2.21. The number of hydrogen-bond acceptors (Lipinski definition) is 5. The smallest absolute Gasteiger partial charge is 0.166 e. The molecule has 0 aliphatic heterocycles. The Kier molecular flexibility index (Phi) is 6.05. The summed E-state index contributed by atoms with van der Waals surface area (Å²) in [4.78, 5) is 15.7. The van der Waals surface area contributed by atoms with Gasteiger partial charge in [-0.1, -0.05) is 109 Å². The second-order valence-corrected chi connectivity index (χ2v) is 13.8. The van der Waals surface area contributed by atoms with E-state index in [4.69, 9.17) is 19.4 Å². The number of thiophene rings is 1. The lowest BCUT2D eigenvalue weighted by atomic mass is 10.1. The first-order valence-corrected chi connectivity index (χ1v) is 17.8. The molecule has 5 nitrogen and oxygen atoms in total. The summed E-state index contributed by atoms with van der Waals surface area (Å²) in [6.07, 6.45) is 0. The highest BCUT2D eigenvalue weighted by molar-refractivity contribution is 7.26. The Bertz CT molecular complexity index is 3150. The monoisotopic (exact) mass is 670 g/mol. The average Bonchev–Trinajstić information content (AvgIpc) is 3.87. The third-order valence-electron chi connectivity index (χ3n) is 9.87. The Labute approximate surface area is 295 Å². The summed E-state index contributed by atoms with van der Waals surface area (Å²) in [5.74, 6) is 1.92. The van der Waals surface area contributed by atoms with Gasteiger partial charge >= 0.3 is 0 Å². The van der Waals surface area contributed by atoms with Crippen LogP contribution in [0.4, 0.5) is 0 Å². The topological polar surface area (TPSA) is 56.7 Å². The zero-order valence-corrected chi connectivity index (χ0v) is 27.9. The average molecular weight is 671 g/mol. The van der Waals surface area contributed by atoms with Crippen LogP contribution < -0.4 is 0 Å². The van der Waals surface area contributed by atoms with Gasteiger partial charge in [0.2, 0.25) is 0 Å². The van der Waals surface area contributed by atoms with Crippen molar-refractivity contribution in [3.05, 3.63) is 158 Å². The van der Waals surface area contributed by atoms with E-state index in [0.717, 1.165) is 60.7 Å². The van der Waals surface area contributed by atoms with Crippen molar-refractivity contribution in [2.24, 2.45) is 0 Å². The Morgan fingerprint density at radius 1 is 0.451 bits per heavy atom. The van der Waals surface area contributed by atoms with E-state index in [9.17, 15) is 0 Å². The van der Waals surface area contributed by atoms with Gasteiger partial charge in [0.15, 0.2) is 17.5 Å². The van der Waals surface area contributed by atoms with E-state index in [1.165, 1.54) is 25.6 Å². The lowest BCUT2D eigenvalue weighted by molar-refractivity contribution is 0.669. The van der Waals surface area contributed by atoms with Crippen LogP contribution in [0.5, 0.6) is 0 Å². The number of furan rings is 1. The molecule has 4 aromatic heterocycles. The number of hydrogen-bond donors (Lipinski definition) is 0. The molecule has 0 saturated heterocycles. The van der Waals surface area contributed by atoms with Gasteiger partial charge in [0, 0.05) is 64.1 Å². The van der Waals surface area contributed by atoms with E-state index in [-0.39, 0.29) is 0 Å². The summed E-state index contributed by atoms with van der Waals surface area (Å²) in [7, 11) is 0. The summed E-state index contributed by atoms with van der Waals surface area (Å²) in [5.41, 5.74) is 7.82. The van der Waals surface area contributed by atoms with E-state index in [2.05, 4.69) is 132 Å². The van der Waals surface area contributed by atoms with E-state index >= 15 is 0 Å². The molecule has 0 N–H and O–H groups in total. The van der Waals surface area contributed by atoms with Crippen LogP contribution in [0.2, 0.25) is 0 Å². The van der Waals surface area contributed by atoms with Gasteiger partial charge in [0.25, 0.3) is 0 Å². The first kappa shape index (κ1) is 28.2. The SMILES string of the molecule is c1ccc(-c2nc(-c3cccc4c3sc3ccccc34)nc(-c3cccc4c5ccccc5n(-c5ccc6oc7ccccc7c6c5)c34)n2)cc1. The minimum atomic E-state index is 0.626. The number of benzene rings is 7. The van der Waals surface area contributed by atoms with Crippen molar-refractivity contribution in [2.75, 3.05) is 0 Å². The first-order chi connectivity index (χ1) is 25.3. The molecule has 0 atom stereocenters. The van der Waals surface area contributed by atoms with Gasteiger partial charge in [-0.3, -0.25) is 0 Å². The molecule has 11 aromatic rings. The summed E-state index contributed by atoms with van der Waals surface area (Å²) < 4.78 is 11.0. The Morgan fingerprint density at radius 2 is 1.10 bits per heavy atom. The van der Waals surface area contributed by atoms with Crippen LogP contribution in [0.25, 0.3) is 104 Å². The highest BCUT2D eigenvalue weighted by atomic mass is 32.1. The number of fused-ring (bicyclic) bond motifs is 9. The van der Waals surface area contributed by atoms with Crippen LogP contribution in [0.15, 0.2) is 162 Å². The molecule has 0 saturated carbocycles. The van der Waals surface area contributed by atoms with Crippen LogP contribution in [0, 0.1) is 0 Å². The Hall–Kier alpha value is -6.63. The van der Waals surface area contributed by atoms with Crippen LogP contribution in [0.1, 0.15) is 0 Å². The van der Waals surface area contributed by atoms with Crippen molar-refractivity contribution >= 4 is 75.3 Å². The van der Waals surface area contributed by atoms with Crippen molar-refractivity contribution in [1.82, 2.24) is 19.5 Å². The van der Waals surface area contributed by atoms with Gasteiger partial charge in [-0.05, 0) is 48.5 Å². The minimum Gasteiger partial charge on any atom is -0.456 e. The standard InChI is InChI=1S/C45H26N4OS/c1-2-12-27(13-3-1)43-46-44(48-45(47-43)35-20-11-18-33-31-16-6-9-23-40(31)51-42(33)35)34-19-10-17-32-29-14-4-7-21-37(29)49(41(32)34)28-24-25-39-36(26-28)30-15-5-8-22-38(30)50-39/h1-26H. The molecule has 0 radical (unpaired) electrons. The quantitative estimate of drug-likeness (QED) is 0.187. The van der Waals surface area contributed by atoms with Crippen LogP contribution in [-0.2, 0) is 0 Å². The zero-order valence-electron chi connectivity index (χ0n) is 27.1. The molecular weight excluding hydrogens is 645 g/mol. The van der Waals surface area contributed by atoms with E-state index in [1.807, 2.05) is 30.3 Å². The number of nitrogens with zero attached hydrogens (tertiary/aromatic N) is 4. The molecule has 0 aliphatic rings. The first-order valence-electron chi connectivity index (χ1n) is 16.9.